The Morgan fingerprint density at radius 1 is 1.30 bits per heavy atom. The van der Waals surface area contributed by atoms with Crippen LogP contribution in [0.3, 0.4) is 0 Å². The molecule has 0 spiro atoms. The van der Waals surface area contributed by atoms with Crippen LogP contribution in [0.15, 0.2) is 58.9 Å². The van der Waals surface area contributed by atoms with Crippen LogP contribution in [-0.4, -0.2) is 52.1 Å². The van der Waals surface area contributed by atoms with E-state index in [0.717, 1.165) is 5.56 Å². The SMILES string of the molecule is Cn1cnnc1-c1cccc(NC(=O)C2=CC=CN3CCS(=O)(=O)N=C23)c1. The van der Waals surface area contributed by atoms with Crippen LogP contribution in [-0.2, 0) is 21.9 Å². The van der Waals surface area contributed by atoms with Gasteiger partial charge in [-0.25, -0.2) is 8.42 Å². The molecule has 0 fully saturated rings. The van der Waals surface area contributed by atoms with E-state index in [9.17, 15) is 13.2 Å². The fraction of sp³-hybridized carbons (Fsp3) is 0.176. The summed E-state index contributed by atoms with van der Waals surface area (Å²) < 4.78 is 29.2. The first-order valence-electron chi connectivity index (χ1n) is 8.17. The van der Waals surface area contributed by atoms with Crippen LogP contribution in [0.5, 0.6) is 0 Å². The van der Waals surface area contributed by atoms with Crippen molar-refractivity contribution < 1.29 is 13.2 Å². The summed E-state index contributed by atoms with van der Waals surface area (Å²) in [7, 11) is -1.73. The van der Waals surface area contributed by atoms with Crippen LogP contribution in [0, 0.1) is 0 Å². The van der Waals surface area contributed by atoms with Crippen LogP contribution in [0.4, 0.5) is 5.69 Å². The van der Waals surface area contributed by atoms with E-state index in [2.05, 4.69) is 19.9 Å². The Hall–Kier alpha value is -3.27. The molecule has 0 atom stereocenters. The van der Waals surface area contributed by atoms with Gasteiger partial charge in [0.25, 0.3) is 15.9 Å². The Kier molecular flexibility index (Phi) is 4.11. The first kappa shape index (κ1) is 17.2. The summed E-state index contributed by atoms with van der Waals surface area (Å²) in [6.45, 7) is 0.268. The average Bonchev–Trinajstić information content (AvgIpc) is 3.06. The number of hydrogen-bond acceptors (Lipinski definition) is 6. The lowest BCUT2D eigenvalue weighted by Crippen LogP contribution is -2.40. The van der Waals surface area contributed by atoms with Gasteiger partial charge in [0.15, 0.2) is 11.7 Å². The Labute approximate surface area is 155 Å². The van der Waals surface area contributed by atoms with E-state index in [4.69, 9.17) is 0 Å². The molecule has 1 aromatic carbocycles. The molecule has 2 aliphatic rings. The van der Waals surface area contributed by atoms with Gasteiger partial charge in [0.05, 0.1) is 11.3 Å². The summed E-state index contributed by atoms with van der Waals surface area (Å²) in [5.74, 6) is 0.302. The van der Waals surface area contributed by atoms with E-state index >= 15 is 0 Å². The number of sulfonamides is 1. The number of carbonyl (C=O) groups excluding carboxylic acids is 1. The monoisotopic (exact) mass is 384 g/mol. The second-order valence-electron chi connectivity index (χ2n) is 6.12. The molecular formula is C17H16N6O3S. The molecule has 0 saturated heterocycles. The summed E-state index contributed by atoms with van der Waals surface area (Å²) in [6, 6.07) is 7.18. The molecule has 4 rings (SSSR count). The van der Waals surface area contributed by atoms with Gasteiger partial charge in [0.1, 0.15) is 6.33 Å². The molecule has 2 aromatic rings. The van der Waals surface area contributed by atoms with Gasteiger partial charge in [-0.05, 0) is 24.3 Å². The number of amidine groups is 1. The third kappa shape index (κ3) is 3.38. The molecule has 1 aromatic heterocycles. The highest BCUT2D eigenvalue weighted by molar-refractivity contribution is 7.90. The zero-order chi connectivity index (χ0) is 19.0. The minimum Gasteiger partial charge on any atom is -0.331 e. The number of amides is 1. The number of benzene rings is 1. The number of nitrogens with zero attached hydrogens (tertiary/aromatic N) is 5. The summed E-state index contributed by atoms with van der Waals surface area (Å²) in [4.78, 5) is 14.4. The molecule has 10 heteroatoms. The van der Waals surface area contributed by atoms with Crippen molar-refractivity contribution in [2.75, 3.05) is 17.6 Å². The molecule has 3 heterocycles. The van der Waals surface area contributed by atoms with E-state index in [1.807, 2.05) is 13.1 Å². The summed E-state index contributed by atoms with van der Waals surface area (Å²) in [5, 5.41) is 10.7. The number of fused-ring (bicyclic) bond motifs is 1. The predicted octanol–water partition coefficient (Wildman–Crippen LogP) is 0.918. The summed E-state index contributed by atoms with van der Waals surface area (Å²) in [6.07, 6.45) is 6.55. The topological polar surface area (TPSA) is 110 Å². The van der Waals surface area contributed by atoms with Crippen LogP contribution < -0.4 is 5.32 Å². The van der Waals surface area contributed by atoms with E-state index in [-0.39, 0.29) is 23.7 Å². The van der Waals surface area contributed by atoms with Gasteiger partial charge in [-0.15, -0.1) is 14.6 Å². The van der Waals surface area contributed by atoms with Crippen molar-refractivity contribution in [3.8, 4) is 11.4 Å². The number of rotatable bonds is 3. The van der Waals surface area contributed by atoms with Crippen molar-refractivity contribution in [1.82, 2.24) is 19.7 Å². The zero-order valence-electron chi connectivity index (χ0n) is 14.4. The molecule has 0 radical (unpaired) electrons. The lowest BCUT2D eigenvalue weighted by molar-refractivity contribution is -0.112. The van der Waals surface area contributed by atoms with Gasteiger partial charge in [-0.2, -0.15) is 0 Å². The maximum Gasteiger partial charge on any atom is 0.259 e. The van der Waals surface area contributed by atoms with Crippen molar-refractivity contribution in [3.63, 3.8) is 0 Å². The highest BCUT2D eigenvalue weighted by Gasteiger charge is 2.30. The smallest absolute Gasteiger partial charge is 0.259 e. The van der Waals surface area contributed by atoms with E-state index in [1.165, 1.54) is 0 Å². The van der Waals surface area contributed by atoms with Crippen molar-refractivity contribution in [2.45, 2.75) is 0 Å². The highest BCUT2D eigenvalue weighted by Crippen LogP contribution is 2.22. The fourth-order valence-electron chi connectivity index (χ4n) is 2.87. The van der Waals surface area contributed by atoms with Crippen LogP contribution in [0.1, 0.15) is 0 Å². The van der Waals surface area contributed by atoms with Gasteiger partial charge >= 0.3 is 0 Å². The van der Waals surface area contributed by atoms with Crippen molar-refractivity contribution in [2.24, 2.45) is 11.4 Å². The number of allylic oxidation sites excluding steroid dienone is 2. The molecule has 2 aliphatic heterocycles. The van der Waals surface area contributed by atoms with Gasteiger partial charge < -0.3 is 14.8 Å². The molecule has 0 saturated carbocycles. The maximum atomic E-state index is 12.7. The first-order valence-corrected chi connectivity index (χ1v) is 9.78. The molecule has 1 amide bonds. The zero-order valence-corrected chi connectivity index (χ0v) is 15.2. The lowest BCUT2D eigenvalue weighted by Gasteiger charge is -2.28. The number of carbonyl (C=O) groups is 1. The van der Waals surface area contributed by atoms with Gasteiger partial charge in [0.2, 0.25) is 0 Å². The number of aryl methyl sites for hydroxylation is 1. The average molecular weight is 384 g/mol. The predicted molar refractivity (Wildman–Crippen MR) is 100 cm³/mol. The Balaban J connectivity index is 1.61. The second-order valence-corrected chi connectivity index (χ2v) is 7.87. The molecule has 27 heavy (non-hydrogen) atoms. The molecule has 0 unspecified atom stereocenters. The Morgan fingerprint density at radius 3 is 2.93 bits per heavy atom. The Bertz CT molecular complexity index is 1110. The maximum absolute atomic E-state index is 12.7. The van der Waals surface area contributed by atoms with Crippen LogP contribution in [0.25, 0.3) is 11.4 Å². The molecule has 1 N–H and O–H groups in total. The quantitative estimate of drug-likeness (QED) is 0.843. The summed E-state index contributed by atoms with van der Waals surface area (Å²) >= 11 is 0. The van der Waals surface area contributed by atoms with Crippen molar-refractivity contribution in [3.05, 3.63) is 54.5 Å². The highest BCUT2D eigenvalue weighted by atomic mass is 32.2. The van der Waals surface area contributed by atoms with Gasteiger partial charge in [0, 0.05) is 31.0 Å². The minimum atomic E-state index is -3.56. The molecule has 9 nitrogen and oxygen atoms in total. The number of nitrogens with one attached hydrogen (secondary N) is 1. The Morgan fingerprint density at radius 2 is 2.15 bits per heavy atom. The third-order valence-electron chi connectivity index (χ3n) is 4.19. The van der Waals surface area contributed by atoms with Crippen LogP contribution >= 0.6 is 0 Å². The summed E-state index contributed by atoms with van der Waals surface area (Å²) in [5.41, 5.74) is 1.55. The molecular weight excluding hydrogens is 368 g/mol. The lowest BCUT2D eigenvalue weighted by atomic mass is 10.1. The van der Waals surface area contributed by atoms with Crippen molar-refractivity contribution in [1.29, 1.82) is 0 Å². The first-order chi connectivity index (χ1) is 12.9. The number of hydrogen-bond donors (Lipinski definition) is 1. The minimum absolute atomic E-state index is 0.0739. The van der Waals surface area contributed by atoms with E-state index in [0.29, 0.717) is 11.5 Å². The van der Waals surface area contributed by atoms with Gasteiger partial charge in [-0.1, -0.05) is 12.1 Å². The molecule has 0 aliphatic carbocycles. The fourth-order valence-corrected chi connectivity index (χ4v) is 3.86. The number of aromatic nitrogens is 3. The normalized spacial score (nSPS) is 17.7. The van der Waals surface area contributed by atoms with Crippen LogP contribution in [0.2, 0.25) is 0 Å². The van der Waals surface area contributed by atoms with Gasteiger partial charge in [-0.3, -0.25) is 4.79 Å². The number of anilines is 1. The van der Waals surface area contributed by atoms with E-state index in [1.54, 1.807) is 52.3 Å². The second kappa shape index (κ2) is 6.47. The van der Waals surface area contributed by atoms with E-state index < -0.39 is 15.9 Å². The van der Waals surface area contributed by atoms with Crippen molar-refractivity contribution >= 4 is 27.5 Å². The third-order valence-corrected chi connectivity index (χ3v) is 5.34. The standard InChI is InChI=1S/C17H16N6O3S/c1-22-11-18-20-15(22)12-4-2-5-13(10-12)19-17(24)14-6-3-7-23-8-9-27(25,26)21-16(14)23/h2-7,10-11H,8-9H2,1H3,(H,19,24). The molecule has 138 valence electrons. The largest absolute Gasteiger partial charge is 0.331 e. The molecule has 0 bridgehead atoms.